The fourth-order valence-corrected chi connectivity index (χ4v) is 6.07. The van der Waals surface area contributed by atoms with Crippen LogP contribution < -0.4 is 10.2 Å². The summed E-state index contributed by atoms with van der Waals surface area (Å²) in [7, 11) is 0. The van der Waals surface area contributed by atoms with E-state index in [0.29, 0.717) is 57.8 Å². The maximum atomic E-state index is 13.3. The van der Waals surface area contributed by atoms with E-state index in [9.17, 15) is 14.4 Å². The molecular formula is C27H39N5O4. The number of nitrogens with zero attached hydrogens (tertiary/aromatic N) is 4. The standard InChI is InChI=1S/C27H39N5O4/c1-27(25(34)32(26(35)28-27)16-15-29-17-19-36-20-18-29)22-9-13-31(14-10-22)24(33)21-5-7-23(8-6-21)30-11-3-2-4-12-30/h5-8,22H,2-4,9-20H2,1H3,(H,28,35)/t27-/m0/s1. The van der Waals surface area contributed by atoms with Crippen LogP contribution in [0.15, 0.2) is 24.3 Å². The second kappa shape index (κ2) is 10.8. The molecule has 4 aliphatic rings. The summed E-state index contributed by atoms with van der Waals surface area (Å²) in [6, 6.07) is 7.69. The molecule has 1 aromatic rings. The number of nitrogens with one attached hydrogen (secondary N) is 1. The summed E-state index contributed by atoms with van der Waals surface area (Å²) in [6.07, 6.45) is 5.13. The van der Waals surface area contributed by atoms with Crippen molar-refractivity contribution in [2.24, 2.45) is 5.92 Å². The molecular weight excluding hydrogens is 458 g/mol. The van der Waals surface area contributed by atoms with E-state index in [-0.39, 0.29) is 23.8 Å². The highest BCUT2D eigenvalue weighted by Gasteiger charge is 2.52. The van der Waals surface area contributed by atoms with Crippen LogP contribution in [0.1, 0.15) is 49.4 Å². The second-order valence-electron chi connectivity index (χ2n) is 10.7. The minimum Gasteiger partial charge on any atom is -0.379 e. The van der Waals surface area contributed by atoms with Crippen molar-refractivity contribution in [3.05, 3.63) is 29.8 Å². The molecule has 0 spiro atoms. The van der Waals surface area contributed by atoms with Gasteiger partial charge in [0.05, 0.1) is 13.2 Å². The lowest BCUT2D eigenvalue weighted by Crippen LogP contribution is -2.54. The fraction of sp³-hybridized carbons (Fsp3) is 0.667. The molecule has 0 aliphatic carbocycles. The Morgan fingerprint density at radius 3 is 2.28 bits per heavy atom. The van der Waals surface area contributed by atoms with E-state index >= 15 is 0 Å². The van der Waals surface area contributed by atoms with Gasteiger partial charge in [-0.05, 0) is 69.2 Å². The lowest BCUT2D eigenvalue weighted by Gasteiger charge is -2.39. The van der Waals surface area contributed by atoms with Crippen LogP contribution in [0.2, 0.25) is 0 Å². The minimum absolute atomic E-state index is 0.00728. The quantitative estimate of drug-likeness (QED) is 0.607. The number of likely N-dealkylation sites (tertiary alicyclic amines) is 1. The molecule has 0 aromatic heterocycles. The van der Waals surface area contributed by atoms with Gasteiger partial charge in [0.1, 0.15) is 5.54 Å². The van der Waals surface area contributed by atoms with Gasteiger partial charge in [-0.1, -0.05) is 0 Å². The van der Waals surface area contributed by atoms with Gasteiger partial charge in [-0.25, -0.2) is 4.79 Å². The first-order valence-electron chi connectivity index (χ1n) is 13.5. The van der Waals surface area contributed by atoms with Gasteiger partial charge in [-0.15, -0.1) is 0 Å². The first-order chi connectivity index (χ1) is 17.5. The van der Waals surface area contributed by atoms with Crippen LogP contribution in [0.5, 0.6) is 0 Å². The average Bonchev–Trinajstić information content (AvgIpc) is 3.16. The van der Waals surface area contributed by atoms with Gasteiger partial charge >= 0.3 is 6.03 Å². The van der Waals surface area contributed by atoms with Crippen molar-refractivity contribution in [3.8, 4) is 0 Å². The van der Waals surface area contributed by atoms with Crippen molar-refractivity contribution in [2.75, 3.05) is 70.5 Å². The lowest BCUT2D eigenvalue weighted by molar-refractivity contribution is -0.133. The van der Waals surface area contributed by atoms with Crippen LogP contribution in [0, 0.1) is 5.92 Å². The van der Waals surface area contributed by atoms with E-state index in [1.165, 1.54) is 29.8 Å². The van der Waals surface area contributed by atoms with Crippen LogP contribution in [-0.4, -0.2) is 104 Å². The Hall–Kier alpha value is -2.65. The number of hydrogen-bond acceptors (Lipinski definition) is 6. The molecule has 1 aromatic carbocycles. The Morgan fingerprint density at radius 2 is 1.61 bits per heavy atom. The molecule has 196 valence electrons. The molecule has 4 aliphatic heterocycles. The number of carbonyl (C=O) groups excluding carboxylic acids is 3. The first kappa shape index (κ1) is 25.0. The van der Waals surface area contributed by atoms with E-state index < -0.39 is 5.54 Å². The summed E-state index contributed by atoms with van der Waals surface area (Å²) >= 11 is 0. The fourth-order valence-electron chi connectivity index (χ4n) is 6.07. The molecule has 9 heteroatoms. The number of benzene rings is 1. The lowest BCUT2D eigenvalue weighted by atomic mass is 9.78. The predicted octanol–water partition coefficient (Wildman–Crippen LogP) is 2.17. The molecule has 0 saturated carbocycles. The van der Waals surface area contributed by atoms with Crippen molar-refractivity contribution in [3.63, 3.8) is 0 Å². The van der Waals surface area contributed by atoms with Crippen LogP contribution in [-0.2, 0) is 9.53 Å². The number of imide groups is 1. The van der Waals surface area contributed by atoms with Crippen molar-refractivity contribution in [2.45, 2.75) is 44.6 Å². The van der Waals surface area contributed by atoms with E-state index in [0.717, 1.165) is 26.2 Å². The van der Waals surface area contributed by atoms with Crippen molar-refractivity contribution < 1.29 is 19.1 Å². The summed E-state index contributed by atoms with van der Waals surface area (Å²) in [5.74, 6) is -0.0931. The highest BCUT2D eigenvalue weighted by Crippen LogP contribution is 2.34. The number of rotatable bonds is 6. The van der Waals surface area contributed by atoms with Crippen molar-refractivity contribution >= 4 is 23.5 Å². The maximum absolute atomic E-state index is 13.3. The number of piperidine rings is 2. The van der Waals surface area contributed by atoms with E-state index in [2.05, 4.69) is 27.2 Å². The zero-order chi connectivity index (χ0) is 25.1. The number of ether oxygens (including phenoxy) is 1. The van der Waals surface area contributed by atoms with Gasteiger partial charge in [-0.2, -0.15) is 0 Å². The highest BCUT2D eigenvalue weighted by atomic mass is 16.5. The molecule has 9 nitrogen and oxygen atoms in total. The molecule has 36 heavy (non-hydrogen) atoms. The average molecular weight is 498 g/mol. The number of hydrogen-bond donors (Lipinski definition) is 1. The molecule has 1 N–H and O–H groups in total. The highest BCUT2D eigenvalue weighted by molar-refractivity contribution is 6.07. The molecule has 0 radical (unpaired) electrons. The zero-order valence-corrected chi connectivity index (χ0v) is 21.4. The molecule has 4 amide bonds. The molecule has 5 rings (SSSR count). The normalized spacial score (nSPS) is 26.4. The predicted molar refractivity (Wildman–Crippen MR) is 137 cm³/mol. The minimum atomic E-state index is -0.909. The number of urea groups is 1. The maximum Gasteiger partial charge on any atom is 0.325 e. The largest absolute Gasteiger partial charge is 0.379 e. The van der Waals surface area contributed by atoms with Crippen LogP contribution in [0.4, 0.5) is 10.5 Å². The Bertz CT molecular complexity index is 949. The molecule has 4 saturated heterocycles. The molecule has 1 atom stereocenters. The number of morpholine rings is 1. The molecule has 4 heterocycles. The summed E-state index contributed by atoms with van der Waals surface area (Å²) < 4.78 is 5.38. The van der Waals surface area contributed by atoms with Gasteiger partial charge in [0, 0.05) is 63.6 Å². The van der Waals surface area contributed by atoms with E-state index in [1.807, 2.05) is 24.0 Å². The van der Waals surface area contributed by atoms with Gasteiger partial charge in [0.15, 0.2) is 0 Å². The third-order valence-electron chi connectivity index (χ3n) is 8.48. The smallest absolute Gasteiger partial charge is 0.325 e. The third kappa shape index (κ3) is 5.09. The summed E-state index contributed by atoms with van der Waals surface area (Å²) in [5, 5.41) is 2.99. The molecule has 0 unspecified atom stereocenters. The Balaban J connectivity index is 1.14. The van der Waals surface area contributed by atoms with Gasteiger partial charge in [0.2, 0.25) is 0 Å². The van der Waals surface area contributed by atoms with Gasteiger partial charge in [0.25, 0.3) is 11.8 Å². The molecule has 4 fully saturated rings. The Morgan fingerprint density at radius 1 is 0.944 bits per heavy atom. The van der Waals surface area contributed by atoms with Gasteiger partial charge < -0.3 is 19.9 Å². The Labute approximate surface area is 213 Å². The van der Waals surface area contributed by atoms with E-state index in [1.54, 1.807) is 0 Å². The SMILES string of the molecule is C[C@@]1(C2CCN(C(=O)c3ccc(N4CCCCC4)cc3)CC2)NC(=O)N(CCN2CCOCC2)C1=O. The number of carbonyl (C=O) groups is 3. The first-order valence-corrected chi connectivity index (χ1v) is 13.5. The molecule has 0 bridgehead atoms. The monoisotopic (exact) mass is 497 g/mol. The second-order valence-corrected chi connectivity index (χ2v) is 10.7. The summed E-state index contributed by atoms with van der Waals surface area (Å²) in [5.41, 5.74) is 0.986. The van der Waals surface area contributed by atoms with Gasteiger partial charge in [-0.3, -0.25) is 19.4 Å². The van der Waals surface area contributed by atoms with Crippen LogP contribution in [0.25, 0.3) is 0 Å². The van der Waals surface area contributed by atoms with Crippen molar-refractivity contribution in [1.82, 2.24) is 20.0 Å². The van der Waals surface area contributed by atoms with Crippen molar-refractivity contribution in [1.29, 1.82) is 0 Å². The summed E-state index contributed by atoms with van der Waals surface area (Å²) in [6.45, 7) is 9.29. The topological polar surface area (TPSA) is 85.4 Å². The third-order valence-corrected chi connectivity index (χ3v) is 8.48. The van der Waals surface area contributed by atoms with E-state index in [4.69, 9.17) is 4.74 Å². The zero-order valence-electron chi connectivity index (χ0n) is 21.4. The van der Waals surface area contributed by atoms with Crippen LogP contribution in [0.3, 0.4) is 0 Å². The Kier molecular flexibility index (Phi) is 7.48. The number of anilines is 1. The number of amides is 4. The summed E-state index contributed by atoms with van der Waals surface area (Å²) in [4.78, 5) is 47.0. The van der Waals surface area contributed by atoms with Crippen LogP contribution >= 0.6 is 0 Å².